The molecule has 1 aromatic rings. The maximum Gasteiger partial charge on any atom is 0.0380 e. The zero-order valence-electron chi connectivity index (χ0n) is 12.2. The van der Waals surface area contributed by atoms with Gasteiger partial charge in [-0.25, -0.2) is 0 Å². The molecule has 0 aromatic heterocycles. The SMILES string of the molecule is CCCN(c1ccc(CNC(C)C)c(Br)c1)C1CC1. The zero-order valence-corrected chi connectivity index (χ0v) is 13.8. The van der Waals surface area contributed by atoms with Crippen molar-refractivity contribution in [2.75, 3.05) is 11.4 Å². The molecule has 0 heterocycles. The molecule has 1 aliphatic rings. The predicted molar refractivity (Wildman–Crippen MR) is 86.8 cm³/mol. The molecule has 0 bridgehead atoms. The summed E-state index contributed by atoms with van der Waals surface area (Å²) < 4.78 is 1.22. The van der Waals surface area contributed by atoms with Crippen LogP contribution in [0.4, 0.5) is 5.69 Å². The van der Waals surface area contributed by atoms with E-state index in [9.17, 15) is 0 Å². The molecule has 106 valence electrons. The lowest BCUT2D eigenvalue weighted by Gasteiger charge is -2.25. The maximum atomic E-state index is 3.72. The predicted octanol–water partition coefficient (Wildman–Crippen LogP) is 4.33. The lowest BCUT2D eigenvalue weighted by atomic mass is 10.1. The number of nitrogens with one attached hydrogen (secondary N) is 1. The van der Waals surface area contributed by atoms with E-state index < -0.39 is 0 Å². The topological polar surface area (TPSA) is 15.3 Å². The van der Waals surface area contributed by atoms with Crippen LogP contribution >= 0.6 is 15.9 Å². The summed E-state index contributed by atoms with van der Waals surface area (Å²) in [4.78, 5) is 2.56. The van der Waals surface area contributed by atoms with Crippen molar-refractivity contribution in [1.29, 1.82) is 0 Å². The standard InChI is InChI=1S/C16H25BrN2/c1-4-9-19(14-7-8-14)15-6-5-13(16(17)10-15)11-18-12(2)3/h5-6,10,12,14,18H,4,7-9,11H2,1-3H3. The number of halogens is 1. The van der Waals surface area contributed by atoms with Crippen LogP contribution in [0.2, 0.25) is 0 Å². The Labute approximate surface area is 125 Å². The highest BCUT2D eigenvalue weighted by molar-refractivity contribution is 9.10. The third-order valence-electron chi connectivity index (χ3n) is 3.52. The lowest BCUT2D eigenvalue weighted by Crippen LogP contribution is -2.26. The van der Waals surface area contributed by atoms with Crippen LogP contribution in [0.5, 0.6) is 0 Å². The van der Waals surface area contributed by atoms with Crippen molar-refractivity contribution in [1.82, 2.24) is 5.32 Å². The fraction of sp³-hybridized carbons (Fsp3) is 0.625. The monoisotopic (exact) mass is 324 g/mol. The molecule has 1 saturated carbocycles. The normalized spacial score (nSPS) is 15.0. The first kappa shape index (κ1) is 14.9. The first-order valence-electron chi connectivity index (χ1n) is 7.40. The van der Waals surface area contributed by atoms with Gasteiger partial charge in [-0.15, -0.1) is 0 Å². The molecule has 0 radical (unpaired) electrons. The Hall–Kier alpha value is -0.540. The second-order valence-corrected chi connectivity index (χ2v) is 6.59. The fourth-order valence-electron chi connectivity index (χ4n) is 2.32. The van der Waals surface area contributed by atoms with Gasteiger partial charge in [0.25, 0.3) is 0 Å². The van der Waals surface area contributed by atoms with Crippen LogP contribution in [0, 0.1) is 0 Å². The molecule has 19 heavy (non-hydrogen) atoms. The average molecular weight is 325 g/mol. The molecule has 2 nitrogen and oxygen atoms in total. The van der Waals surface area contributed by atoms with E-state index in [2.05, 4.69) is 65.1 Å². The number of hydrogen-bond acceptors (Lipinski definition) is 2. The summed E-state index contributed by atoms with van der Waals surface area (Å²) in [5.41, 5.74) is 2.70. The molecule has 0 amide bonds. The third kappa shape index (κ3) is 4.22. The highest BCUT2D eigenvalue weighted by Crippen LogP contribution is 2.33. The fourth-order valence-corrected chi connectivity index (χ4v) is 2.83. The molecule has 0 unspecified atom stereocenters. The van der Waals surface area contributed by atoms with Crippen molar-refractivity contribution >= 4 is 21.6 Å². The Bertz CT molecular complexity index is 413. The number of rotatable bonds is 7. The number of nitrogens with zero attached hydrogens (tertiary/aromatic N) is 1. The van der Waals surface area contributed by atoms with Crippen molar-refractivity contribution in [3.63, 3.8) is 0 Å². The Morgan fingerprint density at radius 1 is 1.37 bits per heavy atom. The van der Waals surface area contributed by atoms with E-state index >= 15 is 0 Å². The Morgan fingerprint density at radius 3 is 2.63 bits per heavy atom. The van der Waals surface area contributed by atoms with Gasteiger partial charge in [0.15, 0.2) is 0 Å². The van der Waals surface area contributed by atoms with Crippen LogP contribution < -0.4 is 10.2 Å². The van der Waals surface area contributed by atoms with Gasteiger partial charge in [-0.05, 0) is 37.0 Å². The van der Waals surface area contributed by atoms with Crippen molar-refractivity contribution < 1.29 is 0 Å². The van der Waals surface area contributed by atoms with E-state index in [-0.39, 0.29) is 0 Å². The van der Waals surface area contributed by atoms with Gasteiger partial charge in [0.1, 0.15) is 0 Å². The van der Waals surface area contributed by atoms with Gasteiger partial charge >= 0.3 is 0 Å². The van der Waals surface area contributed by atoms with Gasteiger partial charge in [0, 0.05) is 35.3 Å². The van der Waals surface area contributed by atoms with Gasteiger partial charge in [0.05, 0.1) is 0 Å². The first-order chi connectivity index (χ1) is 9.11. The summed E-state index contributed by atoms with van der Waals surface area (Å²) in [7, 11) is 0. The Morgan fingerprint density at radius 2 is 2.11 bits per heavy atom. The van der Waals surface area contributed by atoms with E-state index in [1.807, 2.05) is 0 Å². The number of anilines is 1. The third-order valence-corrected chi connectivity index (χ3v) is 4.26. The molecule has 0 aliphatic heterocycles. The molecule has 3 heteroatoms. The number of benzene rings is 1. The first-order valence-corrected chi connectivity index (χ1v) is 8.19. The molecule has 1 N–H and O–H groups in total. The van der Waals surface area contributed by atoms with Gasteiger partial charge < -0.3 is 10.2 Å². The van der Waals surface area contributed by atoms with Crippen molar-refractivity contribution in [3.8, 4) is 0 Å². The highest BCUT2D eigenvalue weighted by atomic mass is 79.9. The Kier molecular flexibility index (Phi) is 5.28. The van der Waals surface area contributed by atoms with Crippen LogP contribution in [0.25, 0.3) is 0 Å². The minimum absolute atomic E-state index is 0.523. The molecule has 2 rings (SSSR count). The lowest BCUT2D eigenvalue weighted by molar-refractivity contribution is 0.588. The van der Waals surface area contributed by atoms with E-state index in [4.69, 9.17) is 0 Å². The van der Waals surface area contributed by atoms with Gasteiger partial charge in [-0.2, -0.15) is 0 Å². The molecule has 0 saturated heterocycles. The zero-order chi connectivity index (χ0) is 13.8. The van der Waals surface area contributed by atoms with E-state index in [1.165, 1.54) is 41.5 Å². The van der Waals surface area contributed by atoms with Crippen LogP contribution in [-0.4, -0.2) is 18.6 Å². The maximum absolute atomic E-state index is 3.72. The van der Waals surface area contributed by atoms with Crippen molar-refractivity contribution in [3.05, 3.63) is 28.2 Å². The van der Waals surface area contributed by atoms with Crippen LogP contribution in [0.15, 0.2) is 22.7 Å². The minimum Gasteiger partial charge on any atom is -0.369 e. The summed E-state index contributed by atoms with van der Waals surface area (Å²) in [6, 6.07) is 8.11. The van der Waals surface area contributed by atoms with E-state index in [1.54, 1.807) is 0 Å². The summed E-state index contributed by atoms with van der Waals surface area (Å²) in [6.07, 6.45) is 3.92. The molecular weight excluding hydrogens is 300 g/mol. The van der Waals surface area contributed by atoms with E-state index in [0.29, 0.717) is 6.04 Å². The summed E-state index contributed by atoms with van der Waals surface area (Å²) in [6.45, 7) is 8.71. The quantitative estimate of drug-likeness (QED) is 0.803. The Balaban J connectivity index is 2.08. The van der Waals surface area contributed by atoms with Gasteiger partial charge in [-0.1, -0.05) is 42.8 Å². The second-order valence-electron chi connectivity index (χ2n) is 5.74. The minimum atomic E-state index is 0.523. The van der Waals surface area contributed by atoms with Gasteiger partial charge in [-0.3, -0.25) is 0 Å². The second kappa shape index (κ2) is 6.76. The largest absolute Gasteiger partial charge is 0.369 e. The highest BCUT2D eigenvalue weighted by Gasteiger charge is 2.28. The molecule has 0 atom stereocenters. The van der Waals surface area contributed by atoms with Crippen molar-refractivity contribution in [2.24, 2.45) is 0 Å². The van der Waals surface area contributed by atoms with Crippen LogP contribution in [0.1, 0.15) is 45.6 Å². The average Bonchev–Trinajstić information content (AvgIpc) is 3.18. The summed E-state index contributed by atoms with van der Waals surface area (Å²) >= 11 is 3.72. The molecular formula is C16H25BrN2. The molecule has 0 spiro atoms. The smallest absolute Gasteiger partial charge is 0.0380 e. The molecule has 1 aliphatic carbocycles. The molecule has 1 aromatic carbocycles. The molecule has 1 fully saturated rings. The summed E-state index contributed by atoms with van der Waals surface area (Å²) in [5, 5.41) is 3.47. The van der Waals surface area contributed by atoms with E-state index in [0.717, 1.165) is 12.6 Å². The van der Waals surface area contributed by atoms with Crippen molar-refractivity contribution in [2.45, 2.75) is 58.7 Å². The van der Waals surface area contributed by atoms with Crippen LogP contribution in [-0.2, 0) is 6.54 Å². The number of hydrogen-bond donors (Lipinski definition) is 1. The summed E-state index contributed by atoms with van der Waals surface area (Å²) in [5.74, 6) is 0. The van der Waals surface area contributed by atoms with Gasteiger partial charge in [0.2, 0.25) is 0 Å². The van der Waals surface area contributed by atoms with Crippen LogP contribution in [0.3, 0.4) is 0 Å².